The number of carboxylic acid groups (broad SMARTS) is 1. The number of carbonyl (C=O) groups excluding carboxylic acids is 2. The molecule has 1 atom stereocenters. The van der Waals surface area contributed by atoms with Crippen molar-refractivity contribution in [3.63, 3.8) is 0 Å². The van der Waals surface area contributed by atoms with E-state index in [-0.39, 0.29) is 27.9 Å². The summed E-state index contributed by atoms with van der Waals surface area (Å²) in [6.45, 7) is 2.13. The van der Waals surface area contributed by atoms with Gasteiger partial charge in [-0.1, -0.05) is 35.5 Å². The molecule has 9 nitrogen and oxygen atoms in total. The summed E-state index contributed by atoms with van der Waals surface area (Å²) >= 11 is 7.05. The number of nitrogens with zero attached hydrogens (tertiary/aromatic N) is 2. The fraction of sp³-hybridized carbons (Fsp3) is 0.190. The Kier molecular flexibility index (Phi) is 7.85. The first kappa shape index (κ1) is 23.3. The first-order valence-corrected chi connectivity index (χ1v) is 10.7. The lowest BCUT2D eigenvalue weighted by molar-refractivity contribution is -0.138. The number of carbonyl (C=O) groups is 3. The Labute approximate surface area is 192 Å². The van der Waals surface area contributed by atoms with E-state index in [1.807, 2.05) is 0 Å². The molecule has 1 heterocycles. The number of ether oxygens (including phenoxy) is 2. The molecule has 0 bridgehead atoms. The van der Waals surface area contributed by atoms with Crippen LogP contribution in [0.2, 0.25) is 5.02 Å². The van der Waals surface area contributed by atoms with Crippen molar-refractivity contribution in [2.45, 2.75) is 18.6 Å². The molecule has 2 aromatic rings. The van der Waals surface area contributed by atoms with Gasteiger partial charge in [0.1, 0.15) is 5.25 Å². The van der Waals surface area contributed by atoms with Crippen molar-refractivity contribution in [1.82, 2.24) is 5.32 Å². The Morgan fingerprint density at radius 3 is 2.75 bits per heavy atom. The molecule has 2 aromatic carbocycles. The topological polar surface area (TPSA) is 127 Å². The number of halogens is 1. The van der Waals surface area contributed by atoms with Crippen LogP contribution >= 0.6 is 23.4 Å². The zero-order valence-electron chi connectivity index (χ0n) is 16.8. The fourth-order valence-corrected chi connectivity index (χ4v) is 3.76. The number of hydrogen-bond donors (Lipinski definition) is 2. The highest BCUT2D eigenvalue weighted by Crippen LogP contribution is 2.30. The number of aliphatic carboxylic acids is 1. The summed E-state index contributed by atoms with van der Waals surface area (Å²) in [6.07, 6.45) is 1.12. The van der Waals surface area contributed by atoms with E-state index in [1.54, 1.807) is 49.4 Å². The van der Waals surface area contributed by atoms with E-state index in [4.69, 9.17) is 26.2 Å². The molecule has 0 aliphatic carbocycles. The predicted octanol–water partition coefficient (Wildman–Crippen LogP) is 3.35. The van der Waals surface area contributed by atoms with E-state index in [2.05, 4.69) is 15.5 Å². The molecule has 1 unspecified atom stereocenters. The minimum absolute atomic E-state index is 0.216. The molecule has 0 spiro atoms. The lowest BCUT2D eigenvalue weighted by atomic mass is 10.2. The highest BCUT2D eigenvalue weighted by atomic mass is 35.5. The van der Waals surface area contributed by atoms with Gasteiger partial charge < -0.3 is 19.9 Å². The molecule has 32 heavy (non-hydrogen) atoms. The minimum atomic E-state index is -1.07. The number of amidine groups is 1. The first-order valence-electron chi connectivity index (χ1n) is 9.41. The van der Waals surface area contributed by atoms with Crippen LogP contribution in [0.4, 0.5) is 0 Å². The van der Waals surface area contributed by atoms with Gasteiger partial charge in [-0.25, -0.2) is 4.79 Å². The Morgan fingerprint density at radius 2 is 2.03 bits per heavy atom. The van der Waals surface area contributed by atoms with Crippen molar-refractivity contribution in [2.75, 3.05) is 6.61 Å². The predicted molar refractivity (Wildman–Crippen MR) is 121 cm³/mol. The third-order valence-electron chi connectivity index (χ3n) is 4.06. The van der Waals surface area contributed by atoms with Crippen LogP contribution in [-0.2, 0) is 9.59 Å². The lowest BCUT2D eigenvalue weighted by Crippen LogP contribution is -2.26. The van der Waals surface area contributed by atoms with Crippen LogP contribution in [-0.4, -0.2) is 46.2 Å². The molecule has 1 aliphatic rings. The molecule has 1 aliphatic heterocycles. The maximum atomic E-state index is 12.4. The van der Waals surface area contributed by atoms with Crippen molar-refractivity contribution in [3.8, 4) is 11.5 Å². The third kappa shape index (κ3) is 6.08. The number of carboxylic acids is 1. The number of amides is 1. The van der Waals surface area contributed by atoms with Gasteiger partial charge >= 0.3 is 11.9 Å². The van der Waals surface area contributed by atoms with Crippen LogP contribution < -0.4 is 14.8 Å². The normalized spacial score (nSPS) is 16.9. The largest absolute Gasteiger partial charge is 0.490 e. The van der Waals surface area contributed by atoms with Gasteiger partial charge in [0, 0.05) is 0 Å². The third-order valence-corrected chi connectivity index (χ3v) is 5.46. The molecule has 0 radical (unpaired) electrons. The van der Waals surface area contributed by atoms with Crippen LogP contribution in [0.3, 0.4) is 0 Å². The quantitative estimate of drug-likeness (QED) is 0.259. The molecule has 2 N–H and O–H groups in total. The van der Waals surface area contributed by atoms with Gasteiger partial charge in [-0.2, -0.15) is 5.10 Å². The van der Waals surface area contributed by atoms with Crippen molar-refractivity contribution in [2.24, 2.45) is 10.2 Å². The highest BCUT2D eigenvalue weighted by molar-refractivity contribution is 8.15. The van der Waals surface area contributed by atoms with Crippen molar-refractivity contribution in [1.29, 1.82) is 0 Å². The van der Waals surface area contributed by atoms with Gasteiger partial charge in [0.25, 0.3) is 0 Å². The Hall–Kier alpha value is -3.37. The Bertz CT molecular complexity index is 1100. The number of esters is 1. The van der Waals surface area contributed by atoms with Crippen molar-refractivity contribution < 1.29 is 29.0 Å². The SMILES string of the molecule is CCOc1cc(C=NN=C2NC(=O)C(CC(=O)O)S2)ccc1OC(=O)c1ccccc1Cl. The molecule has 11 heteroatoms. The van der Waals surface area contributed by atoms with Crippen LogP contribution in [0.15, 0.2) is 52.7 Å². The summed E-state index contributed by atoms with van der Waals surface area (Å²) in [6, 6.07) is 11.4. The smallest absolute Gasteiger partial charge is 0.345 e. The summed E-state index contributed by atoms with van der Waals surface area (Å²) in [5.74, 6) is -1.56. The molecule has 166 valence electrons. The van der Waals surface area contributed by atoms with E-state index in [0.717, 1.165) is 11.8 Å². The van der Waals surface area contributed by atoms with Gasteiger partial charge in [-0.15, -0.1) is 5.10 Å². The average Bonchev–Trinajstić information content (AvgIpc) is 3.08. The molecular weight excluding hydrogens is 458 g/mol. The summed E-state index contributed by atoms with van der Waals surface area (Å²) in [7, 11) is 0. The lowest BCUT2D eigenvalue weighted by Gasteiger charge is -2.11. The molecule has 1 fully saturated rings. The minimum Gasteiger partial charge on any atom is -0.490 e. The Balaban J connectivity index is 1.72. The number of hydrogen-bond acceptors (Lipinski definition) is 8. The fourth-order valence-electron chi connectivity index (χ4n) is 2.63. The second-order valence-electron chi connectivity index (χ2n) is 6.35. The van der Waals surface area contributed by atoms with Gasteiger partial charge in [-0.3, -0.25) is 9.59 Å². The summed E-state index contributed by atoms with van der Waals surface area (Å²) in [5, 5.41) is 18.9. The standard InChI is InChI=1S/C21H18ClN3O6S/c1-2-30-16-9-12(11-23-25-21-24-19(28)17(32-21)10-18(26)27)7-8-15(16)31-20(29)13-5-3-4-6-14(13)22/h3-9,11,17H,2,10H2,1H3,(H,26,27)(H,24,25,28). The van der Waals surface area contributed by atoms with Crippen molar-refractivity contribution in [3.05, 3.63) is 58.6 Å². The van der Waals surface area contributed by atoms with E-state index in [9.17, 15) is 14.4 Å². The number of rotatable bonds is 8. The van der Waals surface area contributed by atoms with Crippen LogP contribution in [0.25, 0.3) is 0 Å². The monoisotopic (exact) mass is 475 g/mol. The number of nitrogens with one attached hydrogen (secondary N) is 1. The van der Waals surface area contributed by atoms with Crippen molar-refractivity contribution >= 4 is 52.6 Å². The highest BCUT2D eigenvalue weighted by Gasteiger charge is 2.32. The van der Waals surface area contributed by atoms with Gasteiger partial charge in [0.15, 0.2) is 16.7 Å². The van der Waals surface area contributed by atoms with E-state index in [1.165, 1.54) is 6.21 Å². The number of thioether (sulfide) groups is 1. The van der Waals surface area contributed by atoms with E-state index in [0.29, 0.717) is 17.9 Å². The average molecular weight is 476 g/mol. The van der Waals surface area contributed by atoms with Gasteiger partial charge in [-0.05, 0) is 42.8 Å². The van der Waals surface area contributed by atoms with E-state index < -0.39 is 23.1 Å². The molecule has 0 aromatic heterocycles. The molecule has 1 saturated heterocycles. The molecular formula is C21H18ClN3O6S. The molecule has 0 saturated carbocycles. The maximum absolute atomic E-state index is 12.4. The second-order valence-corrected chi connectivity index (χ2v) is 7.95. The van der Waals surface area contributed by atoms with Crippen LogP contribution in [0, 0.1) is 0 Å². The Morgan fingerprint density at radius 1 is 1.25 bits per heavy atom. The summed E-state index contributed by atoms with van der Waals surface area (Å²) < 4.78 is 11.0. The summed E-state index contributed by atoms with van der Waals surface area (Å²) in [4.78, 5) is 34.9. The number of benzene rings is 2. The molecule has 1 amide bonds. The zero-order chi connectivity index (χ0) is 23.1. The van der Waals surface area contributed by atoms with Crippen LogP contribution in [0.5, 0.6) is 11.5 Å². The van der Waals surface area contributed by atoms with Crippen LogP contribution in [0.1, 0.15) is 29.3 Å². The van der Waals surface area contributed by atoms with E-state index >= 15 is 0 Å². The maximum Gasteiger partial charge on any atom is 0.345 e. The molecule has 3 rings (SSSR count). The van der Waals surface area contributed by atoms with Gasteiger partial charge in [0.05, 0.1) is 29.8 Å². The second kappa shape index (κ2) is 10.8. The van der Waals surface area contributed by atoms with Gasteiger partial charge in [0.2, 0.25) is 5.91 Å². The first-order chi connectivity index (χ1) is 15.4. The summed E-state index contributed by atoms with van der Waals surface area (Å²) in [5.41, 5.74) is 0.835. The zero-order valence-corrected chi connectivity index (χ0v) is 18.4.